The van der Waals surface area contributed by atoms with Gasteiger partial charge in [-0.3, -0.25) is 4.79 Å². The van der Waals surface area contributed by atoms with Crippen LogP contribution in [-0.4, -0.2) is 51.9 Å². The minimum atomic E-state index is -3.31. The van der Waals surface area contributed by atoms with Gasteiger partial charge in [0.05, 0.1) is 11.9 Å². The van der Waals surface area contributed by atoms with Gasteiger partial charge in [-0.1, -0.05) is 6.42 Å². The average Bonchev–Trinajstić information content (AvgIpc) is 2.85. The Bertz CT molecular complexity index is 456. The smallest absolute Gasteiger partial charge is 0.249 e. The highest BCUT2D eigenvalue weighted by atomic mass is 35.5. The molecule has 0 radical (unpaired) electrons. The summed E-state index contributed by atoms with van der Waals surface area (Å²) in [6.45, 7) is 1.02. The van der Waals surface area contributed by atoms with E-state index in [1.54, 1.807) is 0 Å². The molecule has 2 fully saturated rings. The van der Waals surface area contributed by atoms with Gasteiger partial charge in [-0.05, 0) is 31.6 Å². The van der Waals surface area contributed by atoms with E-state index < -0.39 is 16.1 Å². The molecule has 1 aliphatic heterocycles. The molecule has 1 saturated carbocycles. The van der Waals surface area contributed by atoms with Crippen LogP contribution in [0.4, 0.5) is 0 Å². The zero-order chi connectivity index (χ0) is 15.3. The normalized spacial score (nSPS) is 25.3. The van der Waals surface area contributed by atoms with Crippen molar-refractivity contribution in [1.29, 1.82) is 0 Å². The van der Waals surface area contributed by atoms with Crippen molar-refractivity contribution in [2.75, 3.05) is 25.4 Å². The van der Waals surface area contributed by atoms with Gasteiger partial charge in [-0.15, -0.1) is 12.4 Å². The Hall–Kier alpha value is -0.410. The number of rotatable bonds is 8. The first kappa shape index (κ1) is 19.6. The number of hydrogen-bond donors (Lipinski definition) is 3. The van der Waals surface area contributed by atoms with Gasteiger partial charge < -0.3 is 15.8 Å². The van der Waals surface area contributed by atoms with Crippen LogP contribution in [0.5, 0.6) is 0 Å². The molecule has 4 N–H and O–H groups in total. The Kier molecular flexibility index (Phi) is 8.06. The molecule has 130 valence electrons. The highest BCUT2D eigenvalue weighted by molar-refractivity contribution is 7.89. The number of carbonyl (C=O) groups is 1. The highest BCUT2D eigenvalue weighted by Crippen LogP contribution is 2.25. The van der Waals surface area contributed by atoms with Crippen molar-refractivity contribution in [2.45, 2.75) is 44.3 Å². The van der Waals surface area contributed by atoms with Crippen LogP contribution in [0.2, 0.25) is 0 Å². The summed E-state index contributed by atoms with van der Waals surface area (Å²) in [5.74, 6) is 0.132. The summed E-state index contributed by atoms with van der Waals surface area (Å²) >= 11 is 0. The molecule has 2 aliphatic rings. The molecule has 0 bridgehead atoms. The van der Waals surface area contributed by atoms with E-state index >= 15 is 0 Å². The summed E-state index contributed by atoms with van der Waals surface area (Å²) < 4.78 is 31.6. The van der Waals surface area contributed by atoms with Crippen molar-refractivity contribution in [3.05, 3.63) is 0 Å². The number of halogens is 1. The number of sulfonamides is 1. The van der Waals surface area contributed by atoms with Gasteiger partial charge >= 0.3 is 0 Å². The van der Waals surface area contributed by atoms with Gasteiger partial charge in [-0.2, -0.15) is 0 Å². The van der Waals surface area contributed by atoms with Crippen LogP contribution < -0.4 is 15.8 Å². The van der Waals surface area contributed by atoms with Crippen LogP contribution in [0.15, 0.2) is 0 Å². The molecule has 7 nitrogen and oxygen atoms in total. The minimum absolute atomic E-state index is 0. The van der Waals surface area contributed by atoms with Crippen LogP contribution >= 0.6 is 12.4 Å². The Labute approximate surface area is 138 Å². The molecule has 9 heteroatoms. The van der Waals surface area contributed by atoms with E-state index in [1.807, 2.05) is 0 Å². The molecule has 1 aliphatic carbocycles. The van der Waals surface area contributed by atoms with E-state index in [9.17, 15) is 13.2 Å². The van der Waals surface area contributed by atoms with Crippen LogP contribution in [0, 0.1) is 5.92 Å². The van der Waals surface area contributed by atoms with Crippen molar-refractivity contribution < 1.29 is 17.9 Å². The molecule has 0 aromatic rings. The van der Waals surface area contributed by atoms with E-state index in [0.717, 1.165) is 19.3 Å². The van der Waals surface area contributed by atoms with Gasteiger partial charge in [0.1, 0.15) is 6.10 Å². The second kappa shape index (κ2) is 9.02. The molecule has 2 rings (SSSR count). The topological polar surface area (TPSA) is 111 Å². The quantitative estimate of drug-likeness (QED) is 0.556. The van der Waals surface area contributed by atoms with E-state index in [4.69, 9.17) is 10.5 Å². The summed E-state index contributed by atoms with van der Waals surface area (Å²) in [4.78, 5) is 11.8. The highest BCUT2D eigenvalue weighted by Gasteiger charge is 2.29. The molecule has 0 aromatic heterocycles. The summed E-state index contributed by atoms with van der Waals surface area (Å²) in [6, 6.07) is 0. The average molecular weight is 356 g/mol. The first-order valence-electron chi connectivity index (χ1n) is 7.61. The molecule has 22 heavy (non-hydrogen) atoms. The maximum atomic E-state index is 11.8. The number of nitrogens with one attached hydrogen (secondary N) is 2. The van der Waals surface area contributed by atoms with E-state index in [-0.39, 0.29) is 36.7 Å². The third kappa shape index (κ3) is 6.00. The summed E-state index contributed by atoms with van der Waals surface area (Å²) in [6.07, 6.45) is 4.24. The van der Waals surface area contributed by atoms with E-state index in [1.165, 1.54) is 6.42 Å². The third-order valence-corrected chi connectivity index (χ3v) is 5.50. The van der Waals surface area contributed by atoms with Gasteiger partial charge in [0, 0.05) is 19.6 Å². The zero-order valence-corrected chi connectivity index (χ0v) is 14.3. The minimum Gasteiger partial charge on any atom is -0.364 e. The Morgan fingerprint density at radius 1 is 1.23 bits per heavy atom. The molecule has 1 heterocycles. The van der Waals surface area contributed by atoms with E-state index in [0.29, 0.717) is 25.4 Å². The van der Waals surface area contributed by atoms with Crippen LogP contribution in [0.1, 0.15) is 32.1 Å². The molecular formula is C13H26ClN3O4S. The molecule has 0 unspecified atom stereocenters. The van der Waals surface area contributed by atoms with Crippen molar-refractivity contribution >= 4 is 28.3 Å². The molecule has 2 atom stereocenters. The van der Waals surface area contributed by atoms with Crippen LogP contribution in [-0.2, 0) is 19.6 Å². The fourth-order valence-corrected chi connectivity index (χ4v) is 3.51. The lowest BCUT2D eigenvalue weighted by molar-refractivity contribution is -0.131. The van der Waals surface area contributed by atoms with Gasteiger partial charge in [-0.25, -0.2) is 13.1 Å². The number of nitrogens with two attached hydrogens (primary N) is 1. The first-order chi connectivity index (χ1) is 10.00. The fraction of sp³-hybridized carbons (Fsp3) is 0.923. The Balaban J connectivity index is 0.00000242. The maximum Gasteiger partial charge on any atom is 0.249 e. The predicted octanol–water partition coefficient (Wildman–Crippen LogP) is -0.250. The lowest BCUT2D eigenvalue weighted by Crippen LogP contribution is -2.40. The summed E-state index contributed by atoms with van der Waals surface area (Å²) in [5.41, 5.74) is 5.48. The summed E-state index contributed by atoms with van der Waals surface area (Å²) in [7, 11) is -3.31. The van der Waals surface area contributed by atoms with Crippen LogP contribution in [0.3, 0.4) is 0 Å². The Morgan fingerprint density at radius 3 is 2.50 bits per heavy atom. The second-order valence-electron chi connectivity index (χ2n) is 5.82. The Morgan fingerprint density at radius 2 is 1.95 bits per heavy atom. The lowest BCUT2D eigenvalue weighted by Gasteiger charge is -2.25. The number of ether oxygens (including phenoxy) is 1. The number of amides is 1. The third-order valence-electron chi connectivity index (χ3n) is 4.15. The predicted molar refractivity (Wildman–Crippen MR) is 86.3 cm³/mol. The molecule has 1 saturated heterocycles. The van der Waals surface area contributed by atoms with E-state index in [2.05, 4.69) is 10.0 Å². The number of hydrogen-bond acceptors (Lipinski definition) is 5. The van der Waals surface area contributed by atoms with Crippen molar-refractivity contribution in [2.24, 2.45) is 11.7 Å². The fourth-order valence-electron chi connectivity index (χ4n) is 2.51. The number of carbonyl (C=O) groups excluding carboxylic acids is 1. The van der Waals surface area contributed by atoms with Gasteiger partial charge in [0.2, 0.25) is 15.9 Å². The van der Waals surface area contributed by atoms with Crippen molar-refractivity contribution in [3.8, 4) is 0 Å². The lowest BCUT2D eigenvalue weighted by atomic mass is 9.86. The molecule has 0 spiro atoms. The monoisotopic (exact) mass is 355 g/mol. The van der Waals surface area contributed by atoms with Gasteiger partial charge in [0.25, 0.3) is 0 Å². The van der Waals surface area contributed by atoms with Crippen LogP contribution in [0.25, 0.3) is 0 Å². The SMILES string of the molecule is Cl.NC[C@H]1CC[C@@H](C(=O)NCCS(=O)(=O)NCC2CCC2)O1. The second-order valence-corrected chi connectivity index (χ2v) is 7.74. The van der Waals surface area contributed by atoms with Gasteiger partial charge in [0.15, 0.2) is 0 Å². The maximum absolute atomic E-state index is 11.8. The zero-order valence-electron chi connectivity index (χ0n) is 12.6. The largest absolute Gasteiger partial charge is 0.364 e. The molecular weight excluding hydrogens is 330 g/mol. The standard InChI is InChI=1S/C13H25N3O4S.ClH/c14-8-11-4-5-12(20-11)13(17)15-6-7-21(18,19)16-9-10-2-1-3-10;/h10-12,16H,1-9,14H2,(H,15,17);1H/t11-,12+;/m1./s1. The molecule has 1 amide bonds. The molecule has 0 aromatic carbocycles. The van der Waals surface area contributed by atoms with Crippen molar-refractivity contribution in [3.63, 3.8) is 0 Å². The summed E-state index contributed by atoms with van der Waals surface area (Å²) in [5, 5.41) is 2.62. The first-order valence-corrected chi connectivity index (χ1v) is 9.26. The van der Waals surface area contributed by atoms with Crippen molar-refractivity contribution in [1.82, 2.24) is 10.0 Å².